The highest BCUT2D eigenvalue weighted by Gasteiger charge is 2.34. The maximum atomic E-state index is 12.8. The van der Waals surface area contributed by atoms with Gasteiger partial charge in [-0.1, -0.05) is 0 Å². The molecule has 1 fully saturated rings. The third kappa shape index (κ3) is 4.10. The van der Waals surface area contributed by atoms with Crippen molar-refractivity contribution in [3.8, 4) is 17.6 Å². The lowest BCUT2D eigenvalue weighted by Gasteiger charge is -2.31. The van der Waals surface area contributed by atoms with E-state index < -0.39 is 0 Å². The summed E-state index contributed by atoms with van der Waals surface area (Å²) in [5, 5.41) is 11.8. The summed E-state index contributed by atoms with van der Waals surface area (Å²) in [5.41, 5.74) is 2.29. The van der Waals surface area contributed by atoms with Gasteiger partial charge < -0.3 is 14.8 Å². The van der Waals surface area contributed by atoms with Crippen LogP contribution in [-0.4, -0.2) is 37.6 Å². The number of nitrogens with one attached hydrogen (secondary N) is 1. The first-order valence-electron chi connectivity index (χ1n) is 9.36. The number of benzene rings is 2. The second-order valence-corrected chi connectivity index (χ2v) is 6.86. The number of nitrogens with zero attached hydrogens (tertiary/aromatic N) is 2. The number of likely N-dealkylation sites (tertiary alicyclic amines) is 1. The molecule has 0 aromatic heterocycles. The Morgan fingerprint density at radius 2 is 1.96 bits per heavy atom. The molecule has 0 unspecified atom stereocenters. The molecule has 1 aliphatic heterocycles. The van der Waals surface area contributed by atoms with Gasteiger partial charge in [-0.05, 0) is 68.8 Å². The third-order valence-electron chi connectivity index (χ3n) is 5.25. The predicted molar refractivity (Wildman–Crippen MR) is 107 cm³/mol. The summed E-state index contributed by atoms with van der Waals surface area (Å²) in [6, 6.07) is 14.5. The van der Waals surface area contributed by atoms with Gasteiger partial charge in [0.25, 0.3) is 0 Å². The Balaban J connectivity index is 1.78. The maximum absolute atomic E-state index is 12.8. The molecule has 2 aromatic rings. The zero-order valence-corrected chi connectivity index (χ0v) is 16.4. The van der Waals surface area contributed by atoms with Crippen LogP contribution >= 0.6 is 0 Å². The minimum atomic E-state index is -0.306. The van der Waals surface area contributed by atoms with Crippen molar-refractivity contribution < 1.29 is 14.3 Å². The van der Waals surface area contributed by atoms with Crippen LogP contribution in [0.3, 0.4) is 0 Å². The number of ether oxygens (including phenoxy) is 2. The Labute approximate surface area is 165 Å². The lowest BCUT2D eigenvalue weighted by Crippen LogP contribution is -2.41. The van der Waals surface area contributed by atoms with Crippen molar-refractivity contribution in [2.75, 3.05) is 26.1 Å². The SMILES string of the molecule is COc1ccc(OC)c([C@H]2CCCN2[C@H](C)C(=O)Nc2ccc(C#N)cc2)c1. The molecule has 28 heavy (non-hydrogen) atoms. The fourth-order valence-electron chi connectivity index (χ4n) is 3.71. The van der Waals surface area contributed by atoms with E-state index in [9.17, 15) is 4.79 Å². The van der Waals surface area contributed by atoms with Crippen LogP contribution < -0.4 is 14.8 Å². The second kappa shape index (κ2) is 8.77. The van der Waals surface area contributed by atoms with Gasteiger partial charge in [-0.3, -0.25) is 9.69 Å². The average molecular weight is 379 g/mol. The summed E-state index contributed by atoms with van der Waals surface area (Å²) in [7, 11) is 3.30. The smallest absolute Gasteiger partial charge is 0.241 e. The molecule has 6 nitrogen and oxygen atoms in total. The number of hydrogen-bond acceptors (Lipinski definition) is 5. The molecule has 1 aliphatic rings. The van der Waals surface area contributed by atoms with Crippen molar-refractivity contribution >= 4 is 11.6 Å². The van der Waals surface area contributed by atoms with Crippen LogP contribution in [0.2, 0.25) is 0 Å². The van der Waals surface area contributed by atoms with E-state index in [1.807, 2.05) is 25.1 Å². The van der Waals surface area contributed by atoms with Gasteiger partial charge in [-0.25, -0.2) is 0 Å². The van der Waals surface area contributed by atoms with E-state index in [0.717, 1.165) is 36.4 Å². The predicted octanol–water partition coefficient (Wildman–Crippen LogP) is 3.74. The number of amides is 1. The van der Waals surface area contributed by atoms with Gasteiger partial charge >= 0.3 is 0 Å². The van der Waals surface area contributed by atoms with Crippen molar-refractivity contribution in [3.63, 3.8) is 0 Å². The van der Waals surface area contributed by atoms with Gasteiger partial charge in [-0.15, -0.1) is 0 Å². The van der Waals surface area contributed by atoms with E-state index in [0.29, 0.717) is 11.3 Å². The molecule has 0 aliphatic carbocycles. The quantitative estimate of drug-likeness (QED) is 0.828. The Morgan fingerprint density at radius 3 is 2.61 bits per heavy atom. The fraction of sp³-hybridized carbons (Fsp3) is 0.364. The summed E-state index contributed by atoms with van der Waals surface area (Å²) < 4.78 is 10.9. The minimum absolute atomic E-state index is 0.0709. The molecule has 0 radical (unpaired) electrons. The van der Waals surface area contributed by atoms with E-state index in [1.54, 1.807) is 38.5 Å². The number of anilines is 1. The highest BCUT2D eigenvalue weighted by Crippen LogP contribution is 2.40. The van der Waals surface area contributed by atoms with Gasteiger partial charge in [0, 0.05) is 17.3 Å². The number of carbonyl (C=O) groups excluding carboxylic acids is 1. The summed E-state index contributed by atoms with van der Waals surface area (Å²) in [6.07, 6.45) is 1.97. The summed E-state index contributed by atoms with van der Waals surface area (Å²) >= 11 is 0. The number of methoxy groups -OCH3 is 2. The van der Waals surface area contributed by atoms with Crippen LogP contribution in [0.25, 0.3) is 0 Å². The Bertz CT molecular complexity index is 874. The maximum Gasteiger partial charge on any atom is 0.241 e. The van der Waals surface area contributed by atoms with E-state index in [-0.39, 0.29) is 18.0 Å². The molecule has 1 heterocycles. The average Bonchev–Trinajstić information content (AvgIpc) is 3.22. The van der Waals surface area contributed by atoms with Crippen molar-refractivity contribution in [1.29, 1.82) is 5.26 Å². The van der Waals surface area contributed by atoms with E-state index >= 15 is 0 Å². The van der Waals surface area contributed by atoms with Crippen LogP contribution in [-0.2, 0) is 4.79 Å². The van der Waals surface area contributed by atoms with Gasteiger partial charge in [0.1, 0.15) is 11.5 Å². The Morgan fingerprint density at radius 1 is 1.21 bits per heavy atom. The molecule has 1 amide bonds. The van der Waals surface area contributed by atoms with Gasteiger partial charge in [0.2, 0.25) is 5.91 Å². The first-order chi connectivity index (χ1) is 13.6. The van der Waals surface area contributed by atoms with Crippen LogP contribution in [0.5, 0.6) is 11.5 Å². The van der Waals surface area contributed by atoms with Gasteiger partial charge in [0.15, 0.2) is 0 Å². The van der Waals surface area contributed by atoms with Crippen LogP contribution in [0.4, 0.5) is 5.69 Å². The fourth-order valence-corrected chi connectivity index (χ4v) is 3.71. The molecule has 0 saturated carbocycles. The van der Waals surface area contributed by atoms with Crippen molar-refractivity contribution in [1.82, 2.24) is 4.90 Å². The summed E-state index contributed by atoms with van der Waals surface area (Å²) in [5.74, 6) is 1.51. The molecule has 3 rings (SSSR count). The molecule has 0 bridgehead atoms. The topological polar surface area (TPSA) is 74.6 Å². The molecule has 0 spiro atoms. The third-order valence-corrected chi connectivity index (χ3v) is 5.25. The van der Waals surface area contributed by atoms with Crippen LogP contribution in [0, 0.1) is 11.3 Å². The molecule has 1 saturated heterocycles. The lowest BCUT2D eigenvalue weighted by atomic mass is 10.0. The minimum Gasteiger partial charge on any atom is -0.497 e. The highest BCUT2D eigenvalue weighted by molar-refractivity contribution is 5.94. The van der Waals surface area contributed by atoms with E-state index in [2.05, 4.69) is 16.3 Å². The van der Waals surface area contributed by atoms with E-state index in [4.69, 9.17) is 14.7 Å². The van der Waals surface area contributed by atoms with E-state index in [1.165, 1.54) is 0 Å². The summed E-state index contributed by atoms with van der Waals surface area (Å²) in [6.45, 7) is 2.76. The molecular weight excluding hydrogens is 354 g/mol. The standard InChI is InChI=1S/C22H25N3O3/c1-15(22(26)24-17-8-6-16(14-23)7-9-17)25-12-4-5-20(25)19-13-18(27-2)10-11-21(19)28-3/h6-11,13,15,20H,4-5,12H2,1-3H3,(H,24,26)/t15-,20-/m1/s1. The highest BCUT2D eigenvalue weighted by atomic mass is 16.5. The zero-order valence-electron chi connectivity index (χ0n) is 16.4. The Hall–Kier alpha value is -3.04. The largest absolute Gasteiger partial charge is 0.497 e. The molecule has 2 aromatic carbocycles. The molecule has 1 N–H and O–H groups in total. The number of hydrogen-bond donors (Lipinski definition) is 1. The first-order valence-corrected chi connectivity index (χ1v) is 9.36. The number of carbonyl (C=O) groups is 1. The van der Waals surface area contributed by atoms with Gasteiger partial charge in [-0.2, -0.15) is 5.26 Å². The zero-order chi connectivity index (χ0) is 20.1. The normalized spacial score (nSPS) is 17.6. The second-order valence-electron chi connectivity index (χ2n) is 6.86. The molecule has 146 valence electrons. The van der Waals surface area contributed by atoms with Gasteiger partial charge in [0.05, 0.1) is 31.9 Å². The molecule has 2 atom stereocenters. The molecule has 6 heteroatoms. The van der Waals surface area contributed by atoms with Crippen molar-refractivity contribution in [2.45, 2.75) is 31.8 Å². The summed E-state index contributed by atoms with van der Waals surface area (Å²) in [4.78, 5) is 15.0. The van der Waals surface area contributed by atoms with Crippen LogP contribution in [0.1, 0.15) is 36.9 Å². The van der Waals surface area contributed by atoms with Crippen molar-refractivity contribution in [3.05, 3.63) is 53.6 Å². The monoisotopic (exact) mass is 379 g/mol. The van der Waals surface area contributed by atoms with Crippen LogP contribution in [0.15, 0.2) is 42.5 Å². The van der Waals surface area contributed by atoms with Crippen molar-refractivity contribution in [2.24, 2.45) is 0 Å². The number of nitriles is 1. The lowest BCUT2D eigenvalue weighted by molar-refractivity contribution is -0.121. The Kier molecular flexibility index (Phi) is 6.17. The number of rotatable bonds is 6. The molecular formula is C22H25N3O3. The first kappa shape index (κ1) is 19.7.